The fourth-order valence-corrected chi connectivity index (χ4v) is 5.89. The second-order valence-corrected chi connectivity index (χ2v) is 12.4. The van der Waals surface area contributed by atoms with Gasteiger partial charge in [-0.3, -0.25) is 4.79 Å². The van der Waals surface area contributed by atoms with E-state index in [1.165, 1.54) is 29.2 Å². The number of esters is 1. The molecule has 50 heavy (non-hydrogen) atoms. The highest BCUT2D eigenvalue weighted by molar-refractivity contribution is 7.97. The number of nitriles is 1. The highest BCUT2D eigenvalue weighted by Crippen LogP contribution is 2.34. The molecule has 0 aliphatic heterocycles. The molecule has 0 bridgehead atoms. The predicted molar refractivity (Wildman–Crippen MR) is 178 cm³/mol. The van der Waals surface area contributed by atoms with Crippen molar-refractivity contribution in [3.05, 3.63) is 165 Å². The maximum atomic E-state index is 14.8. The fraction of sp³-hybridized carbons (Fsp3) is 0.108. The van der Waals surface area contributed by atoms with Crippen LogP contribution in [0, 0.1) is 40.4 Å². The van der Waals surface area contributed by atoms with Gasteiger partial charge in [-0.2, -0.15) is 5.26 Å². The first-order chi connectivity index (χ1) is 24.0. The van der Waals surface area contributed by atoms with E-state index >= 15 is 0 Å². The van der Waals surface area contributed by atoms with E-state index in [9.17, 15) is 36.8 Å². The lowest BCUT2D eigenvalue weighted by Gasteiger charge is -2.28. The van der Waals surface area contributed by atoms with E-state index in [4.69, 9.17) is 16.3 Å². The number of halogens is 6. The summed E-state index contributed by atoms with van der Waals surface area (Å²) in [7, 11) is 0. The Morgan fingerprint density at radius 3 is 1.98 bits per heavy atom. The maximum Gasteiger partial charge on any atom is 0.338 e. The monoisotopic (exact) mass is 721 g/mol. The summed E-state index contributed by atoms with van der Waals surface area (Å²) in [5.41, 5.74) is 2.71. The first-order valence-corrected chi connectivity index (χ1v) is 16.0. The van der Waals surface area contributed by atoms with Gasteiger partial charge in [-0.05, 0) is 77.2 Å². The van der Waals surface area contributed by atoms with E-state index in [2.05, 4.69) is 0 Å². The topological polar surface area (TPSA) is 73.6 Å². The zero-order valence-corrected chi connectivity index (χ0v) is 27.5. The SMILES string of the molecule is N#Cc1cccc(CN(C(=O)CN(Cc2ccc(Cl)cc2)Sc2c(F)c(F)c(F)c(F)c2F)c2ccc(C(=O)OCc3ccccc3)cc2)c1. The Bertz CT molecular complexity index is 2020. The minimum atomic E-state index is -2.30. The Balaban J connectivity index is 1.45. The number of hydrogen-bond acceptors (Lipinski definition) is 6. The van der Waals surface area contributed by atoms with Crippen LogP contribution in [-0.4, -0.2) is 22.7 Å². The van der Waals surface area contributed by atoms with Gasteiger partial charge in [-0.1, -0.05) is 66.2 Å². The molecule has 254 valence electrons. The van der Waals surface area contributed by atoms with Gasteiger partial charge >= 0.3 is 5.97 Å². The van der Waals surface area contributed by atoms with Gasteiger partial charge in [0.05, 0.1) is 30.3 Å². The second-order valence-electron chi connectivity index (χ2n) is 10.8. The number of rotatable bonds is 12. The summed E-state index contributed by atoms with van der Waals surface area (Å²) < 4.78 is 78.2. The third-order valence-electron chi connectivity index (χ3n) is 7.30. The summed E-state index contributed by atoms with van der Waals surface area (Å²) in [5, 5.41) is 9.80. The molecule has 0 heterocycles. The molecule has 0 spiro atoms. The van der Waals surface area contributed by atoms with Crippen LogP contribution < -0.4 is 4.90 Å². The molecule has 1 amide bonds. The van der Waals surface area contributed by atoms with Gasteiger partial charge in [-0.15, -0.1) is 0 Å². The number of carbonyl (C=O) groups excluding carboxylic acids is 2. The van der Waals surface area contributed by atoms with E-state index in [1.807, 2.05) is 36.4 Å². The number of carbonyl (C=O) groups is 2. The van der Waals surface area contributed by atoms with E-state index in [0.717, 1.165) is 9.87 Å². The van der Waals surface area contributed by atoms with Gasteiger partial charge in [0.2, 0.25) is 11.7 Å². The number of hydrogen-bond donors (Lipinski definition) is 0. The molecule has 0 saturated carbocycles. The molecule has 5 aromatic rings. The second kappa shape index (κ2) is 16.5. The molecule has 0 aliphatic carbocycles. The van der Waals surface area contributed by atoms with Crippen LogP contribution in [0.15, 0.2) is 108 Å². The van der Waals surface area contributed by atoms with Crippen LogP contribution in [0.2, 0.25) is 5.02 Å². The number of ether oxygens (including phenoxy) is 1. The van der Waals surface area contributed by atoms with Crippen molar-refractivity contribution in [3.63, 3.8) is 0 Å². The quantitative estimate of drug-likeness (QED) is 0.0421. The normalized spacial score (nSPS) is 10.9. The Labute approximate surface area is 293 Å². The molecule has 5 rings (SSSR count). The van der Waals surface area contributed by atoms with E-state index < -0.39 is 52.4 Å². The molecular weight excluding hydrogens is 697 g/mol. The van der Waals surface area contributed by atoms with Crippen molar-refractivity contribution < 1.29 is 36.3 Å². The third-order valence-corrected chi connectivity index (χ3v) is 8.61. The van der Waals surface area contributed by atoms with Gasteiger partial charge < -0.3 is 9.64 Å². The number of nitrogens with zero attached hydrogens (tertiary/aromatic N) is 3. The molecule has 0 radical (unpaired) electrons. The first kappa shape index (κ1) is 36.1. The van der Waals surface area contributed by atoms with Crippen molar-refractivity contribution in [1.82, 2.24) is 4.31 Å². The van der Waals surface area contributed by atoms with E-state index in [1.54, 1.807) is 48.5 Å². The standard InChI is InChI=1S/C37H25ClF5N3O3S/c38-28-13-9-23(10-14-28)19-45(50-36-34(42)32(40)31(39)33(41)35(36)43)21-30(47)46(20-26-8-4-7-25(17-26)18-44)29-15-11-27(12-16-29)37(48)49-22-24-5-2-1-3-6-24/h1-17H,19-22H2. The summed E-state index contributed by atoms with van der Waals surface area (Å²) >= 11 is 6.18. The maximum absolute atomic E-state index is 14.8. The van der Waals surface area contributed by atoms with Gasteiger partial charge in [-0.25, -0.2) is 31.1 Å². The van der Waals surface area contributed by atoms with Gasteiger partial charge in [0.25, 0.3) is 0 Å². The minimum absolute atomic E-state index is 0.0471. The lowest BCUT2D eigenvalue weighted by atomic mass is 10.1. The molecule has 0 aromatic heterocycles. The first-order valence-electron chi connectivity index (χ1n) is 14.8. The Hall–Kier alpha value is -5.22. The van der Waals surface area contributed by atoms with Crippen molar-refractivity contribution in [2.24, 2.45) is 0 Å². The zero-order valence-electron chi connectivity index (χ0n) is 25.9. The van der Waals surface area contributed by atoms with Crippen molar-refractivity contribution in [2.75, 3.05) is 11.4 Å². The molecule has 0 atom stereocenters. The molecule has 0 unspecified atom stereocenters. The highest BCUT2D eigenvalue weighted by atomic mass is 35.5. The van der Waals surface area contributed by atoms with Crippen LogP contribution in [0.5, 0.6) is 0 Å². The van der Waals surface area contributed by atoms with E-state index in [0.29, 0.717) is 27.4 Å². The summed E-state index contributed by atoms with van der Waals surface area (Å²) in [5.74, 6) is -11.9. The molecule has 0 saturated heterocycles. The van der Waals surface area contributed by atoms with E-state index in [-0.39, 0.29) is 37.2 Å². The molecule has 6 nitrogen and oxygen atoms in total. The van der Waals surface area contributed by atoms with Crippen LogP contribution in [0.25, 0.3) is 0 Å². The average molecular weight is 722 g/mol. The summed E-state index contributed by atoms with van der Waals surface area (Å²) in [4.78, 5) is 26.9. The zero-order chi connectivity index (χ0) is 35.8. The Kier molecular flexibility index (Phi) is 11.9. The van der Waals surface area contributed by atoms with Gasteiger partial charge in [0, 0.05) is 17.3 Å². The fourth-order valence-electron chi connectivity index (χ4n) is 4.77. The largest absolute Gasteiger partial charge is 0.457 e. The summed E-state index contributed by atoms with van der Waals surface area (Å²) in [6.07, 6.45) is 0. The van der Waals surface area contributed by atoms with Crippen LogP contribution in [0.1, 0.15) is 32.6 Å². The Morgan fingerprint density at radius 1 is 0.720 bits per heavy atom. The minimum Gasteiger partial charge on any atom is -0.457 e. The number of amides is 1. The van der Waals surface area contributed by atoms with Crippen molar-refractivity contribution in [1.29, 1.82) is 5.26 Å². The Morgan fingerprint density at radius 2 is 1.34 bits per heavy atom. The third kappa shape index (κ3) is 8.87. The number of benzene rings is 5. The summed E-state index contributed by atoms with van der Waals surface area (Å²) in [6, 6.07) is 29.8. The predicted octanol–water partition coefficient (Wildman–Crippen LogP) is 9.01. The van der Waals surface area contributed by atoms with Gasteiger partial charge in [0.1, 0.15) is 11.5 Å². The van der Waals surface area contributed by atoms with Crippen molar-refractivity contribution in [3.8, 4) is 6.07 Å². The lowest BCUT2D eigenvalue weighted by molar-refractivity contribution is -0.118. The average Bonchev–Trinajstić information content (AvgIpc) is 3.14. The molecule has 0 aliphatic rings. The van der Waals surface area contributed by atoms with Crippen LogP contribution in [0.3, 0.4) is 0 Å². The highest BCUT2D eigenvalue weighted by Gasteiger charge is 2.29. The van der Waals surface area contributed by atoms with Crippen LogP contribution in [-0.2, 0) is 29.2 Å². The lowest BCUT2D eigenvalue weighted by Crippen LogP contribution is -2.38. The molecule has 0 N–H and O–H groups in total. The molecule has 13 heteroatoms. The van der Waals surface area contributed by atoms with Crippen LogP contribution in [0.4, 0.5) is 27.6 Å². The molecule has 0 fully saturated rings. The molecule has 5 aromatic carbocycles. The van der Waals surface area contributed by atoms with Crippen LogP contribution >= 0.6 is 23.5 Å². The van der Waals surface area contributed by atoms with Gasteiger partial charge in [0.15, 0.2) is 23.3 Å². The van der Waals surface area contributed by atoms with Crippen molar-refractivity contribution >= 4 is 41.1 Å². The smallest absolute Gasteiger partial charge is 0.338 e. The summed E-state index contributed by atoms with van der Waals surface area (Å²) in [6.45, 7) is -0.776. The molecular formula is C37H25ClF5N3O3S. The van der Waals surface area contributed by atoms with Crippen molar-refractivity contribution in [2.45, 2.75) is 24.6 Å². The number of anilines is 1.